The van der Waals surface area contributed by atoms with E-state index in [1.54, 1.807) is 21.3 Å². The van der Waals surface area contributed by atoms with Crippen molar-refractivity contribution in [2.75, 3.05) is 27.9 Å². The maximum atomic E-state index is 7.21. The van der Waals surface area contributed by atoms with E-state index in [0.29, 0.717) is 24.4 Å². The predicted octanol–water partition coefficient (Wildman–Crippen LogP) is 6.86. The Morgan fingerprint density at radius 2 is 1.73 bits per heavy atom. The lowest BCUT2D eigenvalue weighted by Gasteiger charge is -2.61. The van der Waals surface area contributed by atoms with Gasteiger partial charge in [-0.25, -0.2) is 0 Å². The monoisotopic (exact) mass is 591 g/mol. The van der Waals surface area contributed by atoms with E-state index < -0.39 is 16.6 Å². The third-order valence-electron chi connectivity index (χ3n) is 9.87. The molecule has 0 heterocycles. The van der Waals surface area contributed by atoms with Crippen molar-refractivity contribution in [1.82, 2.24) is 0 Å². The smallest absolute Gasteiger partial charge is 0.184 e. The topological polar surface area (TPSA) is 83.2 Å². The van der Waals surface area contributed by atoms with Gasteiger partial charge in [-0.1, -0.05) is 28.0 Å². The lowest BCUT2D eigenvalue weighted by molar-refractivity contribution is -0.0982. The molecule has 0 N–H and O–H groups in total. The molecule has 0 aromatic heterocycles. The number of fused-ring (bicyclic) bond motifs is 5. The van der Waals surface area contributed by atoms with Crippen molar-refractivity contribution in [1.29, 1.82) is 0 Å². The lowest BCUT2D eigenvalue weighted by Crippen LogP contribution is -2.60. The molecule has 0 amide bonds. The highest BCUT2D eigenvalue weighted by molar-refractivity contribution is 6.70. The maximum absolute atomic E-state index is 7.21. The van der Waals surface area contributed by atoms with E-state index in [9.17, 15) is 0 Å². The van der Waals surface area contributed by atoms with E-state index in [1.807, 2.05) is 0 Å². The highest BCUT2D eigenvalue weighted by Crippen LogP contribution is 2.67. The summed E-state index contributed by atoms with van der Waals surface area (Å²) < 4.78 is 13.6. The molecule has 3 saturated carbocycles. The highest BCUT2D eigenvalue weighted by atomic mass is 28.4. The molecule has 40 heavy (non-hydrogen) atoms. The summed E-state index contributed by atoms with van der Waals surface area (Å²) in [5.74, 6) is 1.65. The zero-order valence-electron chi connectivity index (χ0n) is 26.6. The molecule has 7 atom stereocenters. The van der Waals surface area contributed by atoms with Crippen molar-refractivity contribution in [2.45, 2.75) is 97.3 Å². The van der Waals surface area contributed by atoms with E-state index in [4.69, 9.17) is 23.4 Å². The fraction of sp³-hybridized carbons (Fsp3) is 0.833. The van der Waals surface area contributed by atoms with Crippen LogP contribution in [0.2, 0.25) is 39.3 Å². The van der Waals surface area contributed by atoms with Crippen molar-refractivity contribution in [2.24, 2.45) is 50.0 Å². The van der Waals surface area contributed by atoms with Gasteiger partial charge >= 0.3 is 0 Å². The quantitative estimate of drug-likeness (QED) is 0.157. The zero-order valence-corrected chi connectivity index (χ0v) is 28.6. The van der Waals surface area contributed by atoms with Gasteiger partial charge in [-0.2, -0.15) is 0 Å². The first-order valence-corrected chi connectivity index (χ1v) is 21.9. The van der Waals surface area contributed by atoms with Gasteiger partial charge in [0.25, 0.3) is 0 Å². The molecule has 0 aliphatic heterocycles. The summed E-state index contributed by atoms with van der Waals surface area (Å²) >= 11 is 0. The number of allylic oxidation sites excluding steroid dienone is 2. The molecular formula is C30H53N3O5Si2. The summed E-state index contributed by atoms with van der Waals surface area (Å²) in [6.07, 6.45) is 12.0. The molecule has 10 heteroatoms. The van der Waals surface area contributed by atoms with Crippen LogP contribution in [0.15, 0.2) is 27.1 Å². The molecule has 0 bridgehead atoms. The van der Waals surface area contributed by atoms with Crippen LogP contribution in [0.1, 0.15) is 51.9 Å². The standard InChI is InChI=1S/C30H53N3O5Si2/c1-29-16-15-22(32-35-3)17-21(29)11-12-23-24-13-14-25(26(33-36-4)19-37-39(5,6)7)30(24,20-31-34-2)18-27(28(23)29)38-40(8,9)10/h17,20,23-25,27-28H,11-16,18-19H2,1-10H3/b31-20-,32-22-,33-26-/t23-,24-,25+,27-,28+,29-,30+/m0/s1. The fourth-order valence-electron chi connectivity index (χ4n) is 8.58. The molecule has 0 aromatic carbocycles. The Balaban J connectivity index is 1.80. The first-order chi connectivity index (χ1) is 18.8. The Morgan fingerprint density at radius 1 is 0.975 bits per heavy atom. The van der Waals surface area contributed by atoms with E-state index >= 15 is 0 Å². The van der Waals surface area contributed by atoms with Crippen molar-refractivity contribution in [3.63, 3.8) is 0 Å². The third kappa shape index (κ3) is 6.29. The SMILES string of the molecule is CO/N=C\[C@]12C[C@H](O[Si](C)(C)C)[C@H]3[C@@H](CCC4=C/C(=N\OC)CC[C@@]43C)[C@@H]1CC[C@@H]2/C(CO[Si](C)(C)C)=N\OC. The van der Waals surface area contributed by atoms with Crippen molar-refractivity contribution in [3.05, 3.63) is 11.6 Å². The Morgan fingerprint density at radius 3 is 2.35 bits per heavy atom. The van der Waals surface area contributed by atoms with Crippen molar-refractivity contribution < 1.29 is 23.4 Å². The minimum Gasteiger partial charge on any atom is -0.414 e. The summed E-state index contributed by atoms with van der Waals surface area (Å²) in [5, 5.41) is 13.4. The zero-order chi connectivity index (χ0) is 29.3. The maximum Gasteiger partial charge on any atom is 0.184 e. The molecule has 0 unspecified atom stereocenters. The van der Waals surface area contributed by atoms with E-state index in [1.165, 1.54) is 5.57 Å². The van der Waals surface area contributed by atoms with Gasteiger partial charge < -0.3 is 23.4 Å². The summed E-state index contributed by atoms with van der Waals surface area (Å²) in [6, 6.07) is 0. The summed E-state index contributed by atoms with van der Waals surface area (Å²) in [6.45, 7) is 16.6. The van der Waals surface area contributed by atoms with Crippen LogP contribution < -0.4 is 0 Å². The van der Waals surface area contributed by atoms with Crippen LogP contribution in [0.25, 0.3) is 0 Å². The second-order valence-electron chi connectivity index (χ2n) is 14.5. The largest absolute Gasteiger partial charge is 0.414 e. The van der Waals surface area contributed by atoms with E-state index in [-0.39, 0.29) is 22.9 Å². The molecule has 3 fully saturated rings. The minimum absolute atomic E-state index is 0.0903. The van der Waals surface area contributed by atoms with Crippen molar-refractivity contribution >= 4 is 34.3 Å². The normalized spacial score (nSPS) is 37.5. The van der Waals surface area contributed by atoms with Gasteiger partial charge in [0.2, 0.25) is 0 Å². The average molecular weight is 592 g/mol. The highest BCUT2D eigenvalue weighted by Gasteiger charge is 2.65. The second kappa shape index (κ2) is 12.0. The van der Waals surface area contributed by atoms with Gasteiger partial charge in [0.05, 0.1) is 24.2 Å². The molecule has 0 spiro atoms. The number of nitrogens with zero attached hydrogens (tertiary/aromatic N) is 3. The average Bonchev–Trinajstić information content (AvgIpc) is 3.23. The summed E-state index contributed by atoms with van der Waals surface area (Å²) in [5.41, 5.74) is 3.47. The Bertz CT molecular complexity index is 1030. The van der Waals surface area contributed by atoms with Crippen LogP contribution in [0.5, 0.6) is 0 Å². The van der Waals surface area contributed by atoms with Gasteiger partial charge in [-0.3, -0.25) is 0 Å². The van der Waals surface area contributed by atoms with Crippen LogP contribution in [-0.2, 0) is 23.4 Å². The lowest BCUT2D eigenvalue weighted by atomic mass is 9.45. The summed E-state index contributed by atoms with van der Waals surface area (Å²) in [7, 11) is 1.32. The van der Waals surface area contributed by atoms with Crippen LogP contribution in [0.4, 0.5) is 0 Å². The van der Waals surface area contributed by atoms with Crippen LogP contribution in [0, 0.1) is 34.5 Å². The van der Waals surface area contributed by atoms with Crippen LogP contribution in [-0.4, -0.2) is 68.3 Å². The van der Waals surface area contributed by atoms with Gasteiger partial charge in [0, 0.05) is 17.4 Å². The molecule has 0 saturated heterocycles. The van der Waals surface area contributed by atoms with Gasteiger partial charge in [0.15, 0.2) is 16.6 Å². The first-order valence-electron chi connectivity index (χ1n) is 15.1. The van der Waals surface area contributed by atoms with Gasteiger partial charge in [-0.05, 0) is 113 Å². The first kappa shape index (κ1) is 31.4. The second-order valence-corrected chi connectivity index (χ2v) is 23.5. The molecule has 4 rings (SSSR count). The van der Waals surface area contributed by atoms with Crippen LogP contribution in [0.3, 0.4) is 0 Å². The van der Waals surface area contributed by atoms with Gasteiger partial charge in [0.1, 0.15) is 21.3 Å². The predicted molar refractivity (Wildman–Crippen MR) is 167 cm³/mol. The van der Waals surface area contributed by atoms with E-state index in [2.05, 4.69) is 74.0 Å². The number of hydrogen-bond acceptors (Lipinski definition) is 8. The molecule has 4 aliphatic rings. The van der Waals surface area contributed by atoms with Crippen LogP contribution >= 0.6 is 0 Å². The van der Waals surface area contributed by atoms with Gasteiger partial charge in [-0.15, -0.1) is 0 Å². The Labute approximate surface area is 244 Å². The molecule has 226 valence electrons. The number of oxime groups is 3. The molecule has 0 aromatic rings. The Hall–Kier alpha value is -1.50. The molecule has 8 nitrogen and oxygen atoms in total. The Kier molecular flexibility index (Phi) is 9.44. The molecular weight excluding hydrogens is 539 g/mol. The molecule has 4 aliphatic carbocycles. The van der Waals surface area contributed by atoms with Crippen molar-refractivity contribution in [3.8, 4) is 0 Å². The number of rotatable bonds is 10. The number of hydrogen-bond donors (Lipinski definition) is 0. The fourth-order valence-corrected chi connectivity index (χ4v) is 10.3. The van der Waals surface area contributed by atoms with E-state index in [0.717, 1.165) is 56.4 Å². The minimum atomic E-state index is -1.86. The molecule has 0 radical (unpaired) electrons. The third-order valence-corrected chi connectivity index (χ3v) is 11.9. The summed E-state index contributed by atoms with van der Waals surface area (Å²) in [4.78, 5) is 16.0.